The average molecular weight is 308 g/mol. The monoisotopic (exact) mass is 308 g/mol. The van der Waals surface area contributed by atoms with E-state index >= 15 is 0 Å². The number of nitro benzene ring substituents is 1. The van der Waals surface area contributed by atoms with Crippen LogP contribution in [-0.4, -0.2) is 31.1 Å². The number of methoxy groups -OCH3 is 1. The highest BCUT2D eigenvalue weighted by atomic mass is 19.1. The number of benzene rings is 1. The number of carbonyl (C=O) groups is 1. The number of para-hydroxylation sites is 1. The maximum Gasteiger partial charge on any atom is 0.327 e. The second-order valence-electron chi connectivity index (χ2n) is 5.98. The van der Waals surface area contributed by atoms with Gasteiger partial charge in [-0.1, -0.05) is 12.5 Å². The van der Waals surface area contributed by atoms with Crippen LogP contribution in [-0.2, 0) is 9.53 Å². The van der Waals surface area contributed by atoms with Crippen molar-refractivity contribution in [3.8, 4) is 0 Å². The number of anilines is 1. The summed E-state index contributed by atoms with van der Waals surface area (Å²) in [6.45, 7) is 0.855. The molecule has 3 rings (SSSR count). The smallest absolute Gasteiger partial charge is 0.327 e. The van der Waals surface area contributed by atoms with Crippen LogP contribution in [0.5, 0.6) is 0 Å². The fourth-order valence-electron chi connectivity index (χ4n) is 3.95. The number of fused-ring (bicyclic) bond motifs is 1. The van der Waals surface area contributed by atoms with E-state index < -0.39 is 21.8 Å². The van der Waals surface area contributed by atoms with Crippen LogP contribution in [0, 0.1) is 27.3 Å². The van der Waals surface area contributed by atoms with E-state index in [9.17, 15) is 19.3 Å². The van der Waals surface area contributed by atoms with Gasteiger partial charge in [0.2, 0.25) is 5.82 Å². The van der Waals surface area contributed by atoms with E-state index in [1.54, 1.807) is 4.90 Å². The summed E-state index contributed by atoms with van der Waals surface area (Å²) < 4.78 is 18.8. The molecule has 1 saturated heterocycles. The number of carbonyl (C=O) groups excluding carboxylic acids is 1. The minimum atomic E-state index is -0.855. The van der Waals surface area contributed by atoms with Crippen LogP contribution in [0.25, 0.3) is 0 Å². The van der Waals surface area contributed by atoms with Crippen molar-refractivity contribution < 1.29 is 18.8 Å². The Kier molecular flexibility index (Phi) is 3.50. The van der Waals surface area contributed by atoms with Crippen molar-refractivity contribution >= 4 is 17.3 Å². The van der Waals surface area contributed by atoms with Gasteiger partial charge in [-0.3, -0.25) is 14.9 Å². The molecule has 1 saturated carbocycles. The number of ether oxygens (including phenoxy) is 1. The molecular weight excluding hydrogens is 291 g/mol. The van der Waals surface area contributed by atoms with E-state index in [2.05, 4.69) is 0 Å². The SMILES string of the molecule is COC(=O)C12CCCC1CN(c1cccc(F)c1[N+](=O)[O-])C2. The predicted octanol–water partition coefficient (Wildman–Crippen LogP) is 2.51. The van der Waals surface area contributed by atoms with Gasteiger partial charge in [0.25, 0.3) is 0 Å². The third-order valence-corrected chi connectivity index (χ3v) is 4.95. The molecule has 1 heterocycles. The third-order valence-electron chi connectivity index (χ3n) is 4.95. The van der Waals surface area contributed by atoms with E-state index in [0.29, 0.717) is 19.5 Å². The van der Waals surface area contributed by atoms with Crippen molar-refractivity contribution in [1.29, 1.82) is 0 Å². The molecule has 2 fully saturated rings. The lowest BCUT2D eigenvalue weighted by atomic mass is 9.81. The van der Waals surface area contributed by atoms with Gasteiger partial charge >= 0.3 is 11.7 Å². The van der Waals surface area contributed by atoms with Crippen molar-refractivity contribution in [2.24, 2.45) is 11.3 Å². The Bertz CT molecular complexity index is 636. The molecule has 0 radical (unpaired) electrons. The predicted molar refractivity (Wildman–Crippen MR) is 77.1 cm³/mol. The van der Waals surface area contributed by atoms with E-state index in [1.165, 1.54) is 19.2 Å². The van der Waals surface area contributed by atoms with E-state index in [0.717, 1.165) is 18.9 Å². The van der Waals surface area contributed by atoms with Crippen LogP contribution < -0.4 is 4.90 Å². The maximum absolute atomic E-state index is 13.8. The fourth-order valence-corrected chi connectivity index (χ4v) is 3.95. The number of esters is 1. The lowest BCUT2D eigenvalue weighted by Gasteiger charge is -2.25. The number of rotatable bonds is 3. The van der Waals surface area contributed by atoms with Gasteiger partial charge in [0, 0.05) is 13.1 Å². The highest BCUT2D eigenvalue weighted by Crippen LogP contribution is 2.51. The normalized spacial score (nSPS) is 26.8. The first kappa shape index (κ1) is 14.7. The molecule has 0 N–H and O–H groups in total. The molecule has 0 spiro atoms. The number of hydrogen-bond donors (Lipinski definition) is 0. The molecule has 1 aromatic carbocycles. The maximum atomic E-state index is 13.8. The van der Waals surface area contributed by atoms with Crippen LogP contribution in [0.2, 0.25) is 0 Å². The Hall–Kier alpha value is -2.18. The summed E-state index contributed by atoms with van der Waals surface area (Å²) in [6.07, 6.45) is 2.54. The van der Waals surface area contributed by atoms with E-state index in [-0.39, 0.29) is 17.6 Å². The first-order chi connectivity index (χ1) is 10.5. The molecule has 0 aromatic heterocycles. The van der Waals surface area contributed by atoms with Gasteiger partial charge in [-0.15, -0.1) is 0 Å². The Balaban J connectivity index is 1.98. The molecule has 2 unspecified atom stereocenters. The highest BCUT2D eigenvalue weighted by molar-refractivity contribution is 5.80. The molecule has 7 heteroatoms. The minimum Gasteiger partial charge on any atom is -0.469 e. The topological polar surface area (TPSA) is 72.7 Å². The number of hydrogen-bond acceptors (Lipinski definition) is 5. The average Bonchev–Trinajstić information content (AvgIpc) is 3.03. The number of nitro groups is 1. The van der Waals surface area contributed by atoms with Gasteiger partial charge in [0.15, 0.2) is 0 Å². The van der Waals surface area contributed by atoms with Gasteiger partial charge in [-0.25, -0.2) is 0 Å². The molecular formula is C15H17FN2O4. The summed E-state index contributed by atoms with van der Waals surface area (Å²) in [7, 11) is 1.36. The standard InChI is InChI=1S/C15H17FN2O4/c1-22-14(19)15-7-3-4-10(15)8-17(9-15)12-6-2-5-11(16)13(12)18(20)21/h2,5-6,10H,3-4,7-9H2,1H3. The van der Waals surface area contributed by atoms with Gasteiger partial charge in [-0.05, 0) is 30.9 Å². The summed E-state index contributed by atoms with van der Waals surface area (Å²) >= 11 is 0. The van der Waals surface area contributed by atoms with Crippen molar-refractivity contribution in [3.05, 3.63) is 34.1 Å². The Morgan fingerprint density at radius 3 is 3.00 bits per heavy atom. The zero-order chi connectivity index (χ0) is 15.9. The van der Waals surface area contributed by atoms with E-state index in [4.69, 9.17) is 4.74 Å². The van der Waals surface area contributed by atoms with Gasteiger partial charge in [0.1, 0.15) is 5.69 Å². The third kappa shape index (κ3) is 2.03. The summed E-state index contributed by atoms with van der Waals surface area (Å²) in [5.74, 6) is -1.02. The van der Waals surface area contributed by atoms with Crippen LogP contribution in [0.3, 0.4) is 0 Å². The molecule has 1 aliphatic carbocycles. The number of halogens is 1. The zero-order valence-electron chi connectivity index (χ0n) is 12.3. The first-order valence-electron chi connectivity index (χ1n) is 7.26. The molecule has 2 aliphatic rings. The highest BCUT2D eigenvalue weighted by Gasteiger charge is 2.56. The molecule has 6 nitrogen and oxygen atoms in total. The first-order valence-corrected chi connectivity index (χ1v) is 7.26. The van der Waals surface area contributed by atoms with Crippen molar-refractivity contribution in [3.63, 3.8) is 0 Å². The molecule has 22 heavy (non-hydrogen) atoms. The quantitative estimate of drug-likeness (QED) is 0.487. The molecule has 0 amide bonds. The van der Waals surface area contributed by atoms with Crippen molar-refractivity contribution in [2.45, 2.75) is 19.3 Å². The van der Waals surface area contributed by atoms with Crippen LogP contribution in [0.4, 0.5) is 15.8 Å². The van der Waals surface area contributed by atoms with Gasteiger partial charge in [0.05, 0.1) is 17.4 Å². The largest absolute Gasteiger partial charge is 0.469 e. The molecule has 1 aliphatic heterocycles. The van der Waals surface area contributed by atoms with Gasteiger partial charge in [-0.2, -0.15) is 4.39 Å². The van der Waals surface area contributed by atoms with Crippen molar-refractivity contribution in [2.75, 3.05) is 25.1 Å². The summed E-state index contributed by atoms with van der Waals surface area (Å²) in [5, 5.41) is 11.2. The Labute approximate surface area is 127 Å². The Morgan fingerprint density at radius 2 is 2.32 bits per heavy atom. The summed E-state index contributed by atoms with van der Waals surface area (Å²) in [5.41, 5.74) is -0.903. The molecule has 118 valence electrons. The Morgan fingerprint density at radius 1 is 1.55 bits per heavy atom. The second-order valence-corrected chi connectivity index (χ2v) is 5.98. The van der Waals surface area contributed by atoms with Gasteiger partial charge < -0.3 is 9.64 Å². The van der Waals surface area contributed by atoms with Crippen molar-refractivity contribution in [1.82, 2.24) is 0 Å². The summed E-state index contributed by atoms with van der Waals surface area (Å²) in [4.78, 5) is 24.4. The lowest BCUT2D eigenvalue weighted by molar-refractivity contribution is -0.386. The second kappa shape index (κ2) is 5.23. The molecule has 2 atom stereocenters. The zero-order valence-corrected chi connectivity index (χ0v) is 12.3. The van der Waals surface area contributed by atoms with Crippen LogP contribution >= 0.6 is 0 Å². The van der Waals surface area contributed by atoms with Crippen LogP contribution in [0.15, 0.2) is 18.2 Å². The lowest BCUT2D eigenvalue weighted by Crippen LogP contribution is -2.37. The number of nitrogens with zero attached hydrogens (tertiary/aromatic N) is 2. The summed E-state index contributed by atoms with van der Waals surface area (Å²) in [6, 6.07) is 4.07. The minimum absolute atomic E-state index is 0.0998. The fraction of sp³-hybridized carbons (Fsp3) is 0.533. The van der Waals surface area contributed by atoms with Crippen LogP contribution in [0.1, 0.15) is 19.3 Å². The molecule has 1 aromatic rings. The molecule has 0 bridgehead atoms. The van der Waals surface area contributed by atoms with E-state index in [1.807, 2.05) is 0 Å².